The van der Waals surface area contributed by atoms with Crippen LogP contribution >= 0.6 is 24.0 Å². The molecule has 1 aliphatic heterocycles. The molecule has 20 heavy (non-hydrogen) atoms. The highest BCUT2D eigenvalue weighted by molar-refractivity contribution is 14.0. The fourth-order valence-electron chi connectivity index (χ4n) is 2.74. The maximum Gasteiger partial charge on any atom is 0.191 e. The molecule has 2 N–H and O–H groups in total. The molecule has 0 aromatic heterocycles. The molecule has 0 radical (unpaired) electrons. The topological polar surface area (TPSA) is 39.7 Å². The van der Waals surface area contributed by atoms with Gasteiger partial charge in [0.25, 0.3) is 0 Å². The van der Waals surface area contributed by atoms with Gasteiger partial charge < -0.3 is 10.6 Å². The number of piperidine rings is 1. The molecule has 5 heteroatoms. The number of aliphatic imine (C=N–C) groups is 1. The molecule has 0 aromatic carbocycles. The number of rotatable bonds is 4. The summed E-state index contributed by atoms with van der Waals surface area (Å²) in [4.78, 5) is 6.90. The van der Waals surface area contributed by atoms with Crippen molar-refractivity contribution in [2.24, 2.45) is 16.8 Å². The smallest absolute Gasteiger partial charge is 0.191 e. The predicted octanol–water partition coefficient (Wildman–Crippen LogP) is 2.30. The zero-order valence-electron chi connectivity index (χ0n) is 13.4. The average Bonchev–Trinajstić information content (AvgIpc) is 3.10. The van der Waals surface area contributed by atoms with Gasteiger partial charge in [0.1, 0.15) is 0 Å². The summed E-state index contributed by atoms with van der Waals surface area (Å²) in [5.41, 5.74) is 0. The van der Waals surface area contributed by atoms with Crippen LogP contribution in [-0.4, -0.2) is 49.6 Å². The lowest BCUT2D eigenvalue weighted by molar-refractivity contribution is 0.147. The highest BCUT2D eigenvalue weighted by atomic mass is 127. The monoisotopic (exact) mass is 394 g/mol. The number of nitrogens with one attached hydrogen (secondary N) is 2. The molecule has 118 valence electrons. The second kappa shape index (κ2) is 8.41. The molecule has 0 amide bonds. The van der Waals surface area contributed by atoms with Crippen LogP contribution in [0.2, 0.25) is 0 Å². The Hall–Kier alpha value is -0.0400. The third-order valence-electron chi connectivity index (χ3n) is 4.66. The second-order valence-electron chi connectivity index (χ2n) is 6.48. The van der Waals surface area contributed by atoms with Gasteiger partial charge in [-0.05, 0) is 51.1 Å². The molecule has 4 nitrogen and oxygen atoms in total. The number of guanidine groups is 1. The van der Waals surface area contributed by atoms with Crippen LogP contribution in [0.4, 0.5) is 0 Å². The number of likely N-dealkylation sites (tertiary alicyclic amines) is 1. The molecule has 2 rings (SSSR count). The van der Waals surface area contributed by atoms with Crippen molar-refractivity contribution >= 4 is 29.9 Å². The van der Waals surface area contributed by atoms with Crippen molar-refractivity contribution in [3.05, 3.63) is 0 Å². The zero-order valence-corrected chi connectivity index (χ0v) is 15.7. The Bertz CT molecular complexity index is 313. The second-order valence-corrected chi connectivity index (χ2v) is 6.48. The first-order valence-electron chi connectivity index (χ1n) is 7.81. The van der Waals surface area contributed by atoms with E-state index < -0.39 is 0 Å². The van der Waals surface area contributed by atoms with E-state index in [0.717, 1.165) is 24.3 Å². The van der Waals surface area contributed by atoms with Gasteiger partial charge >= 0.3 is 0 Å². The lowest BCUT2D eigenvalue weighted by Crippen LogP contribution is -2.48. The van der Waals surface area contributed by atoms with E-state index in [0.29, 0.717) is 12.1 Å². The van der Waals surface area contributed by atoms with E-state index in [1.807, 2.05) is 7.05 Å². The van der Waals surface area contributed by atoms with Crippen molar-refractivity contribution in [2.45, 2.75) is 52.1 Å². The van der Waals surface area contributed by atoms with Crippen LogP contribution in [-0.2, 0) is 0 Å². The first-order chi connectivity index (χ1) is 9.10. The van der Waals surface area contributed by atoms with Gasteiger partial charge in [-0.15, -0.1) is 24.0 Å². The van der Waals surface area contributed by atoms with E-state index in [-0.39, 0.29) is 24.0 Å². The number of hydrogen-bond donors (Lipinski definition) is 2. The lowest BCUT2D eigenvalue weighted by Gasteiger charge is -2.35. The Labute approximate surface area is 141 Å². The van der Waals surface area contributed by atoms with Crippen LogP contribution in [0.5, 0.6) is 0 Å². The maximum absolute atomic E-state index is 4.31. The van der Waals surface area contributed by atoms with E-state index in [1.54, 1.807) is 0 Å². The number of nitrogens with zero attached hydrogens (tertiary/aromatic N) is 2. The van der Waals surface area contributed by atoms with Crippen molar-refractivity contribution in [3.63, 3.8) is 0 Å². The Morgan fingerprint density at radius 1 is 1.30 bits per heavy atom. The summed E-state index contributed by atoms with van der Waals surface area (Å²) < 4.78 is 0. The van der Waals surface area contributed by atoms with Gasteiger partial charge in [0, 0.05) is 25.7 Å². The average molecular weight is 394 g/mol. The number of halogens is 1. The molecule has 2 aliphatic rings. The minimum Gasteiger partial charge on any atom is -0.355 e. The summed E-state index contributed by atoms with van der Waals surface area (Å²) in [5, 5.41) is 6.94. The van der Waals surface area contributed by atoms with E-state index >= 15 is 0 Å². The maximum atomic E-state index is 4.31. The van der Waals surface area contributed by atoms with Crippen molar-refractivity contribution in [1.82, 2.24) is 15.5 Å². The molecule has 1 heterocycles. The van der Waals surface area contributed by atoms with Gasteiger partial charge in [-0.3, -0.25) is 9.89 Å². The standard InChI is InChI=1S/C15H30N4.HI/c1-11-5-7-19(8-6-11)13(3)10-17-15(16-4)18-14-9-12(14)2;/h11-14H,5-10H2,1-4H3,(H2,16,17,18);1H. The molecule has 0 spiro atoms. The molecule has 2 fully saturated rings. The molecule has 3 unspecified atom stereocenters. The number of hydrogen-bond acceptors (Lipinski definition) is 2. The fraction of sp³-hybridized carbons (Fsp3) is 0.933. The molecular formula is C15H31IN4. The van der Waals surface area contributed by atoms with Crippen molar-refractivity contribution < 1.29 is 0 Å². The Kier molecular flexibility index (Phi) is 7.58. The highest BCUT2D eigenvalue weighted by Crippen LogP contribution is 2.28. The van der Waals surface area contributed by atoms with E-state index in [2.05, 4.69) is 41.3 Å². The van der Waals surface area contributed by atoms with Crippen LogP contribution in [0, 0.1) is 11.8 Å². The third-order valence-corrected chi connectivity index (χ3v) is 4.66. The molecular weight excluding hydrogens is 363 g/mol. The van der Waals surface area contributed by atoms with Crippen molar-refractivity contribution in [3.8, 4) is 0 Å². The zero-order chi connectivity index (χ0) is 13.8. The van der Waals surface area contributed by atoms with E-state index in [4.69, 9.17) is 0 Å². The fourth-order valence-corrected chi connectivity index (χ4v) is 2.74. The molecule has 3 atom stereocenters. The normalized spacial score (nSPS) is 29.5. The Morgan fingerprint density at radius 3 is 2.40 bits per heavy atom. The van der Waals surface area contributed by atoms with Crippen LogP contribution in [0.1, 0.15) is 40.0 Å². The summed E-state index contributed by atoms with van der Waals surface area (Å²) in [6.45, 7) is 10.4. The molecule has 1 aliphatic carbocycles. The first-order valence-corrected chi connectivity index (χ1v) is 7.81. The summed E-state index contributed by atoms with van der Waals surface area (Å²) >= 11 is 0. The highest BCUT2D eigenvalue weighted by Gasteiger charge is 2.33. The predicted molar refractivity (Wildman–Crippen MR) is 96.9 cm³/mol. The molecule has 1 saturated carbocycles. The van der Waals surface area contributed by atoms with E-state index in [9.17, 15) is 0 Å². The summed E-state index contributed by atoms with van der Waals surface area (Å²) in [6.07, 6.45) is 3.97. The van der Waals surface area contributed by atoms with Crippen LogP contribution in [0.15, 0.2) is 4.99 Å². The van der Waals surface area contributed by atoms with Gasteiger partial charge in [0.15, 0.2) is 5.96 Å². The van der Waals surface area contributed by atoms with Gasteiger partial charge in [0.2, 0.25) is 0 Å². The molecule has 0 bridgehead atoms. The van der Waals surface area contributed by atoms with Gasteiger partial charge in [-0.1, -0.05) is 13.8 Å². The van der Waals surface area contributed by atoms with E-state index in [1.165, 1.54) is 32.4 Å². The molecule has 1 saturated heterocycles. The van der Waals surface area contributed by atoms with Crippen LogP contribution in [0.25, 0.3) is 0 Å². The van der Waals surface area contributed by atoms with Gasteiger partial charge in [-0.25, -0.2) is 0 Å². The SMILES string of the molecule is CN=C(NCC(C)N1CCC(C)CC1)NC1CC1C.I. The lowest BCUT2D eigenvalue weighted by atomic mass is 9.98. The summed E-state index contributed by atoms with van der Waals surface area (Å²) in [7, 11) is 1.86. The van der Waals surface area contributed by atoms with Gasteiger partial charge in [0.05, 0.1) is 0 Å². The van der Waals surface area contributed by atoms with Crippen LogP contribution in [0.3, 0.4) is 0 Å². The van der Waals surface area contributed by atoms with Crippen molar-refractivity contribution in [1.29, 1.82) is 0 Å². The third kappa shape index (κ3) is 5.39. The Balaban J connectivity index is 0.00000200. The van der Waals surface area contributed by atoms with Gasteiger partial charge in [-0.2, -0.15) is 0 Å². The summed E-state index contributed by atoms with van der Waals surface area (Å²) in [5.74, 6) is 2.67. The minimum absolute atomic E-state index is 0. The minimum atomic E-state index is 0. The molecule has 0 aromatic rings. The quantitative estimate of drug-likeness (QED) is 0.437. The Morgan fingerprint density at radius 2 is 1.90 bits per heavy atom. The first kappa shape index (κ1) is 18.0. The largest absolute Gasteiger partial charge is 0.355 e. The summed E-state index contributed by atoms with van der Waals surface area (Å²) in [6, 6.07) is 1.22. The van der Waals surface area contributed by atoms with Crippen LogP contribution < -0.4 is 10.6 Å². The van der Waals surface area contributed by atoms with Crippen molar-refractivity contribution in [2.75, 3.05) is 26.7 Å².